The second kappa shape index (κ2) is 8.93. The second-order valence-corrected chi connectivity index (χ2v) is 7.70. The van der Waals surface area contributed by atoms with Gasteiger partial charge in [0.2, 0.25) is 5.91 Å². The highest BCUT2D eigenvalue weighted by Gasteiger charge is 2.35. The Labute approximate surface area is 155 Å². The molecule has 26 heavy (non-hydrogen) atoms. The molecule has 0 saturated carbocycles. The Balaban J connectivity index is 1.51. The molecular weight excluding hydrogens is 333 g/mol. The Hall–Kier alpha value is -1.50. The third-order valence-corrected chi connectivity index (χ3v) is 5.82. The molecule has 2 saturated heterocycles. The van der Waals surface area contributed by atoms with Gasteiger partial charge < -0.3 is 19.8 Å². The van der Waals surface area contributed by atoms with Gasteiger partial charge in [-0.05, 0) is 31.0 Å². The monoisotopic (exact) mass is 363 g/mol. The van der Waals surface area contributed by atoms with Crippen molar-refractivity contribution in [1.29, 1.82) is 0 Å². The summed E-state index contributed by atoms with van der Waals surface area (Å²) in [5.74, 6) is 0.281. The molecule has 0 aliphatic carbocycles. The first kappa shape index (κ1) is 19.3. The van der Waals surface area contributed by atoms with Crippen LogP contribution in [0.2, 0.25) is 0 Å². The molecule has 0 unspecified atom stereocenters. The Kier molecular flexibility index (Phi) is 6.62. The molecule has 0 radical (unpaired) electrons. The minimum Gasteiger partial charge on any atom is -0.396 e. The van der Waals surface area contributed by atoms with Crippen molar-refractivity contribution in [2.75, 3.05) is 59.5 Å². The van der Waals surface area contributed by atoms with E-state index in [-0.39, 0.29) is 24.2 Å². The standard InChI is InChI=1S/C20H30FN3O2/c1-22-8-10-23(11-9-22)12-17-13-24(14-18(17)15-25)20(26)7-6-16-4-2-3-5-19(16)21/h2-5,17-18,25H,6-15H2,1H3/t17-,18-/m1/s1. The smallest absolute Gasteiger partial charge is 0.222 e. The van der Waals surface area contributed by atoms with Gasteiger partial charge >= 0.3 is 0 Å². The number of halogens is 1. The van der Waals surface area contributed by atoms with Gasteiger partial charge in [-0.3, -0.25) is 4.79 Å². The first-order chi connectivity index (χ1) is 12.6. The van der Waals surface area contributed by atoms with Crippen molar-refractivity contribution in [2.45, 2.75) is 12.8 Å². The third kappa shape index (κ3) is 4.81. The summed E-state index contributed by atoms with van der Waals surface area (Å²) in [4.78, 5) is 19.2. The molecule has 3 rings (SSSR count). The molecule has 2 aliphatic heterocycles. The van der Waals surface area contributed by atoms with E-state index in [4.69, 9.17) is 0 Å². The molecule has 2 heterocycles. The van der Waals surface area contributed by atoms with Crippen molar-refractivity contribution in [2.24, 2.45) is 11.8 Å². The van der Waals surface area contributed by atoms with E-state index in [1.165, 1.54) is 6.07 Å². The van der Waals surface area contributed by atoms with Crippen molar-refractivity contribution < 1.29 is 14.3 Å². The van der Waals surface area contributed by atoms with Crippen LogP contribution in [0.15, 0.2) is 24.3 Å². The lowest BCUT2D eigenvalue weighted by molar-refractivity contribution is -0.130. The molecule has 2 fully saturated rings. The summed E-state index contributed by atoms with van der Waals surface area (Å²) in [5.41, 5.74) is 0.591. The number of likely N-dealkylation sites (N-methyl/N-ethyl adjacent to an activating group) is 1. The van der Waals surface area contributed by atoms with Crippen molar-refractivity contribution >= 4 is 5.91 Å². The SMILES string of the molecule is CN1CCN(C[C@@H]2CN(C(=O)CCc3ccccc3F)C[C@@H]2CO)CC1. The number of amides is 1. The van der Waals surface area contributed by atoms with Crippen LogP contribution in [0.25, 0.3) is 0 Å². The number of benzene rings is 1. The molecule has 1 N–H and O–H groups in total. The second-order valence-electron chi connectivity index (χ2n) is 7.70. The summed E-state index contributed by atoms with van der Waals surface area (Å²) in [6, 6.07) is 6.63. The van der Waals surface area contributed by atoms with Crippen LogP contribution in [0, 0.1) is 17.7 Å². The fourth-order valence-corrected chi connectivity index (χ4v) is 4.02. The molecule has 1 aromatic rings. The number of nitrogens with zero attached hydrogens (tertiary/aromatic N) is 3. The average Bonchev–Trinajstić information content (AvgIpc) is 3.05. The van der Waals surface area contributed by atoms with Gasteiger partial charge in [0.15, 0.2) is 0 Å². The van der Waals surface area contributed by atoms with E-state index in [0.717, 1.165) is 32.7 Å². The molecule has 2 aliphatic rings. The average molecular weight is 363 g/mol. The van der Waals surface area contributed by atoms with E-state index >= 15 is 0 Å². The minimum absolute atomic E-state index is 0.0626. The van der Waals surface area contributed by atoms with Gasteiger partial charge in [-0.2, -0.15) is 0 Å². The number of piperazine rings is 1. The van der Waals surface area contributed by atoms with Crippen molar-refractivity contribution in [3.05, 3.63) is 35.6 Å². The lowest BCUT2D eigenvalue weighted by Crippen LogP contribution is -2.47. The molecule has 1 aromatic carbocycles. The largest absolute Gasteiger partial charge is 0.396 e. The van der Waals surface area contributed by atoms with Gasteiger partial charge in [0.25, 0.3) is 0 Å². The summed E-state index contributed by atoms with van der Waals surface area (Å²) in [7, 11) is 2.14. The predicted octanol–water partition coefficient (Wildman–Crippen LogP) is 1.07. The Bertz CT molecular complexity index is 604. The summed E-state index contributed by atoms with van der Waals surface area (Å²) in [6.45, 7) is 6.62. The first-order valence-electron chi connectivity index (χ1n) is 9.59. The molecular formula is C20H30FN3O2. The number of rotatable bonds is 6. The topological polar surface area (TPSA) is 47.0 Å². The van der Waals surface area contributed by atoms with Crippen LogP contribution < -0.4 is 0 Å². The van der Waals surface area contributed by atoms with E-state index < -0.39 is 0 Å². The number of aliphatic hydroxyl groups is 1. The van der Waals surface area contributed by atoms with Crippen LogP contribution in [0.4, 0.5) is 4.39 Å². The number of carbonyl (C=O) groups excluding carboxylic acids is 1. The summed E-state index contributed by atoms with van der Waals surface area (Å²) in [5, 5.41) is 9.74. The van der Waals surface area contributed by atoms with Crippen LogP contribution in [-0.2, 0) is 11.2 Å². The van der Waals surface area contributed by atoms with E-state index in [0.29, 0.717) is 37.4 Å². The van der Waals surface area contributed by atoms with E-state index in [2.05, 4.69) is 16.8 Å². The third-order valence-electron chi connectivity index (χ3n) is 5.82. The lowest BCUT2D eigenvalue weighted by Gasteiger charge is -2.34. The van der Waals surface area contributed by atoms with Gasteiger partial charge in [-0.15, -0.1) is 0 Å². The number of carbonyl (C=O) groups is 1. The highest BCUT2D eigenvalue weighted by molar-refractivity contribution is 5.76. The van der Waals surface area contributed by atoms with Crippen molar-refractivity contribution in [3.63, 3.8) is 0 Å². The number of aryl methyl sites for hydroxylation is 1. The summed E-state index contributed by atoms with van der Waals surface area (Å²) in [6.07, 6.45) is 0.745. The maximum atomic E-state index is 13.7. The summed E-state index contributed by atoms with van der Waals surface area (Å²) >= 11 is 0. The fourth-order valence-electron chi connectivity index (χ4n) is 4.02. The van der Waals surface area contributed by atoms with E-state index in [1.807, 2.05) is 4.90 Å². The zero-order valence-electron chi connectivity index (χ0n) is 15.6. The lowest BCUT2D eigenvalue weighted by atomic mass is 9.96. The Morgan fingerprint density at radius 3 is 2.54 bits per heavy atom. The molecule has 0 aromatic heterocycles. The molecule has 5 nitrogen and oxygen atoms in total. The van der Waals surface area contributed by atoms with E-state index in [9.17, 15) is 14.3 Å². The molecule has 144 valence electrons. The first-order valence-corrected chi connectivity index (χ1v) is 9.59. The minimum atomic E-state index is -0.247. The van der Waals surface area contributed by atoms with Gasteiger partial charge in [-0.1, -0.05) is 18.2 Å². The molecule has 0 bridgehead atoms. The highest BCUT2D eigenvalue weighted by atomic mass is 19.1. The maximum Gasteiger partial charge on any atom is 0.222 e. The van der Waals surface area contributed by atoms with Crippen LogP contribution >= 0.6 is 0 Å². The van der Waals surface area contributed by atoms with Crippen LogP contribution in [0.3, 0.4) is 0 Å². The molecule has 2 atom stereocenters. The number of aliphatic hydroxyl groups excluding tert-OH is 1. The number of hydrogen-bond acceptors (Lipinski definition) is 4. The molecule has 6 heteroatoms. The highest BCUT2D eigenvalue weighted by Crippen LogP contribution is 2.25. The number of hydrogen-bond donors (Lipinski definition) is 1. The normalized spacial score (nSPS) is 25.0. The zero-order chi connectivity index (χ0) is 18.5. The van der Waals surface area contributed by atoms with Gasteiger partial charge in [0.1, 0.15) is 5.82 Å². The Morgan fingerprint density at radius 2 is 1.85 bits per heavy atom. The number of likely N-dealkylation sites (tertiary alicyclic amines) is 1. The van der Waals surface area contributed by atoms with Crippen molar-refractivity contribution in [1.82, 2.24) is 14.7 Å². The van der Waals surface area contributed by atoms with Gasteiger partial charge in [-0.25, -0.2) is 4.39 Å². The van der Waals surface area contributed by atoms with Crippen LogP contribution in [-0.4, -0.2) is 85.2 Å². The van der Waals surface area contributed by atoms with E-state index in [1.54, 1.807) is 18.2 Å². The fraction of sp³-hybridized carbons (Fsp3) is 0.650. The predicted molar refractivity (Wildman–Crippen MR) is 99.3 cm³/mol. The maximum absolute atomic E-state index is 13.7. The zero-order valence-corrected chi connectivity index (χ0v) is 15.6. The quantitative estimate of drug-likeness (QED) is 0.821. The van der Waals surface area contributed by atoms with Crippen LogP contribution in [0.1, 0.15) is 12.0 Å². The summed E-state index contributed by atoms with van der Waals surface area (Å²) < 4.78 is 13.7. The van der Waals surface area contributed by atoms with Gasteiger partial charge in [0.05, 0.1) is 0 Å². The van der Waals surface area contributed by atoms with Crippen molar-refractivity contribution in [3.8, 4) is 0 Å². The van der Waals surface area contributed by atoms with Gasteiger partial charge in [0, 0.05) is 64.8 Å². The Morgan fingerprint density at radius 1 is 1.15 bits per heavy atom. The molecule has 0 spiro atoms. The molecule has 1 amide bonds. The van der Waals surface area contributed by atoms with Crippen LogP contribution in [0.5, 0.6) is 0 Å².